The Morgan fingerprint density at radius 1 is 1.04 bits per heavy atom. The van der Waals surface area contributed by atoms with Crippen LogP contribution in [0.2, 0.25) is 0 Å². The molecular weight excluding hydrogens is 341 g/mol. The number of methoxy groups -OCH3 is 1. The van der Waals surface area contributed by atoms with Crippen molar-refractivity contribution in [1.29, 1.82) is 0 Å². The van der Waals surface area contributed by atoms with E-state index in [2.05, 4.69) is 9.84 Å². The smallest absolute Gasteiger partial charge is 0.496 e. The lowest BCUT2D eigenvalue weighted by Crippen LogP contribution is -2.28. The molecule has 0 radical (unpaired) electrons. The Balaban J connectivity index is 2.15. The van der Waals surface area contributed by atoms with Gasteiger partial charge in [0.2, 0.25) is 0 Å². The van der Waals surface area contributed by atoms with Gasteiger partial charge in [0.1, 0.15) is 11.5 Å². The number of halogens is 3. The van der Waals surface area contributed by atoms with Gasteiger partial charge >= 0.3 is 6.36 Å². The number of nitrogens with one attached hydrogen (secondary N) is 1. The fraction of sp³-hybridized carbons (Fsp3) is 0.125. The van der Waals surface area contributed by atoms with Crippen LogP contribution in [0, 0.1) is 0 Å². The quantitative estimate of drug-likeness (QED) is 0.786. The molecule has 9 heteroatoms. The van der Waals surface area contributed by atoms with E-state index in [1.807, 2.05) is 0 Å². The molecule has 1 N–H and O–H groups in total. The minimum absolute atomic E-state index is 0.0735. The maximum absolute atomic E-state index is 12.7. The number of benzene rings is 2. The van der Waals surface area contributed by atoms with Crippen molar-refractivity contribution in [2.45, 2.75) is 6.36 Å². The minimum Gasteiger partial charge on any atom is -0.496 e. The Kier molecular flexibility index (Phi) is 3.99. The number of alkyl halides is 3. The van der Waals surface area contributed by atoms with Crippen LogP contribution in [0.3, 0.4) is 0 Å². The number of fused-ring (bicyclic) bond motifs is 1. The first-order valence-electron chi connectivity index (χ1n) is 6.98. The summed E-state index contributed by atoms with van der Waals surface area (Å²) in [6.45, 7) is 0. The molecule has 0 amide bonds. The van der Waals surface area contributed by atoms with E-state index in [1.165, 1.54) is 31.4 Å². The third-order valence-electron chi connectivity index (χ3n) is 3.45. The van der Waals surface area contributed by atoms with Crippen LogP contribution in [-0.4, -0.2) is 23.3 Å². The summed E-state index contributed by atoms with van der Waals surface area (Å²) in [4.78, 5) is 24.9. The second-order valence-corrected chi connectivity index (χ2v) is 5.01. The van der Waals surface area contributed by atoms with Crippen molar-refractivity contribution in [3.63, 3.8) is 0 Å². The molecule has 0 saturated carbocycles. The number of H-pyrrole nitrogens is 1. The lowest BCUT2D eigenvalue weighted by atomic mass is 10.2. The number of ether oxygens (including phenoxy) is 2. The van der Waals surface area contributed by atoms with Crippen LogP contribution in [-0.2, 0) is 0 Å². The fourth-order valence-electron chi connectivity index (χ4n) is 2.41. The summed E-state index contributed by atoms with van der Waals surface area (Å²) < 4.78 is 46.4. The molecule has 2 aromatic carbocycles. The zero-order chi connectivity index (χ0) is 18.2. The Morgan fingerprint density at radius 3 is 2.32 bits per heavy atom. The third-order valence-corrected chi connectivity index (χ3v) is 3.45. The third kappa shape index (κ3) is 3.21. The molecule has 1 aromatic heterocycles. The molecule has 1 heterocycles. The van der Waals surface area contributed by atoms with Crippen LogP contribution < -0.4 is 20.6 Å². The van der Waals surface area contributed by atoms with Gasteiger partial charge in [-0.25, -0.2) is 4.68 Å². The Bertz CT molecular complexity index is 1040. The number of nitrogens with zero attached hydrogens (tertiary/aromatic N) is 1. The molecule has 0 saturated heterocycles. The standard InChI is InChI=1S/C16H11F3N2O4/c1-24-12-4-2-3-11-13(12)15(23)21(20-14(11)22)9-5-7-10(8-6-9)25-16(17,18)19/h2-8H,1H3,(H,20,22). The van der Waals surface area contributed by atoms with E-state index in [4.69, 9.17) is 4.74 Å². The highest BCUT2D eigenvalue weighted by atomic mass is 19.4. The molecular formula is C16H11F3N2O4. The molecule has 0 atom stereocenters. The molecule has 3 rings (SSSR count). The number of aromatic amines is 1. The topological polar surface area (TPSA) is 73.3 Å². The van der Waals surface area contributed by atoms with Gasteiger partial charge in [0.05, 0.1) is 23.6 Å². The van der Waals surface area contributed by atoms with E-state index < -0.39 is 23.2 Å². The van der Waals surface area contributed by atoms with E-state index >= 15 is 0 Å². The van der Waals surface area contributed by atoms with Gasteiger partial charge in [0.25, 0.3) is 11.1 Å². The Hall–Kier alpha value is -3.23. The highest BCUT2D eigenvalue weighted by Gasteiger charge is 2.31. The van der Waals surface area contributed by atoms with Gasteiger partial charge in [-0.2, -0.15) is 0 Å². The van der Waals surface area contributed by atoms with Crippen molar-refractivity contribution in [2.75, 3.05) is 7.11 Å². The van der Waals surface area contributed by atoms with Gasteiger partial charge in [-0.05, 0) is 36.4 Å². The molecule has 0 aliphatic rings. The van der Waals surface area contributed by atoms with Crippen molar-refractivity contribution in [3.8, 4) is 17.2 Å². The van der Waals surface area contributed by atoms with Gasteiger partial charge in [0.15, 0.2) is 0 Å². The first-order chi connectivity index (χ1) is 11.8. The van der Waals surface area contributed by atoms with Crippen LogP contribution >= 0.6 is 0 Å². The molecule has 0 fully saturated rings. The predicted octanol–water partition coefficient (Wildman–Crippen LogP) is 2.59. The molecule has 130 valence electrons. The van der Waals surface area contributed by atoms with Crippen molar-refractivity contribution in [1.82, 2.24) is 9.78 Å². The summed E-state index contributed by atoms with van der Waals surface area (Å²) >= 11 is 0. The lowest BCUT2D eigenvalue weighted by Gasteiger charge is -2.11. The monoisotopic (exact) mass is 352 g/mol. The van der Waals surface area contributed by atoms with Crippen LogP contribution in [0.1, 0.15) is 0 Å². The second kappa shape index (κ2) is 6.00. The van der Waals surface area contributed by atoms with Crippen molar-refractivity contribution in [3.05, 3.63) is 63.2 Å². The van der Waals surface area contributed by atoms with Gasteiger partial charge < -0.3 is 9.47 Å². The summed E-state index contributed by atoms with van der Waals surface area (Å²) in [6.07, 6.45) is -4.82. The zero-order valence-electron chi connectivity index (χ0n) is 12.8. The van der Waals surface area contributed by atoms with Crippen molar-refractivity contribution in [2.24, 2.45) is 0 Å². The predicted molar refractivity (Wildman–Crippen MR) is 83.4 cm³/mol. The van der Waals surface area contributed by atoms with Crippen molar-refractivity contribution < 1.29 is 22.6 Å². The molecule has 3 aromatic rings. The molecule has 0 bridgehead atoms. The number of hydrogen-bond donors (Lipinski definition) is 1. The summed E-state index contributed by atoms with van der Waals surface area (Å²) in [5, 5.41) is 2.61. The van der Waals surface area contributed by atoms with Crippen molar-refractivity contribution >= 4 is 10.8 Å². The molecule has 0 spiro atoms. The van der Waals surface area contributed by atoms with Gasteiger partial charge in [0, 0.05) is 0 Å². The molecule has 0 aliphatic heterocycles. The molecule has 0 aliphatic carbocycles. The van der Waals surface area contributed by atoms with E-state index in [-0.39, 0.29) is 22.2 Å². The summed E-state index contributed by atoms with van der Waals surface area (Å²) in [7, 11) is 1.36. The number of aromatic nitrogens is 2. The van der Waals surface area contributed by atoms with Crippen LogP contribution in [0.25, 0.3) is 16.5 Å². The van der Waals surface area contributed by atoms with Gasteiger partial charge in [-0.3, -0.25) is 14.7 Å². The van der Waals surface area contributed by atoms with E-state index in [0.29, 0.717) is 0 Å². The molecule has 0 unspecified atom stereocenters. The highest BCUT2D eigenvalue weighted by molar-refractivity contribution is 5.86. The van der Waals surface area contributed by atoms with Gasteiger partial charge in [-0.15, -0.1) is 13.2 Å². The average Bonchev–Trinajstić information content (AvgIpc) is 2.57. The average molecular weight is 352 g/mol. The van der Waals surface area contributed by atoms with Crippen LogP contribution in [0.15, 0.2) is 52.1 Å². The minimum atomic E-state index is -4.82. The largest absolute Gasteiger partial charge is 0.573 e. The maximum Gasteiger partial charge on any atom is 0.573 e. The zero-order valence-corrected chi connectivity index (χ0v) is 12.8. The van der Waals surface area contributed by atoms with Gasteiger partial charge in [-0.1, -0.05) is 6.07 Å². The number of rotatable bonds is 3. The lowest BCUT2D eigenvalue weighted by molar-refractivity contribution is -0.274. The second-order valence-electron chi connectivity index (χ2n) is 5.01. The van der Waals surface area contributed by atoms with E-state index in [9.17, 15) is 22.8 Å². The normalized spacial score (nSPS) is 11.5. The van der Waals surface area contributed by atoms with E-state index in [0.717, 1.165) is 16.8 Å². The SMILES string of the molecule is COc1cccc2c(=O)[nH]n(-c3ccc(OC(F)(F)F)cc3)c(=O)c12. The highest BCUT2D eigenvalue weighted by Crippen LogP contribution is 2.24. The number of hydrogen-bond acceptors (Lipinski definition) is 4. The summed E-state index contributed by atoms with van der Waals surface area (Å²) in [5.74, 6) is -0.218. The maximum atomic E-state index is 12.7. The molecule has 6 nitrogen and oxygen atoms in total. The first-order valence-corrected chi connectivity index (χ1v) is 6.98. The molecule has 25 heavy (non-hydrogen) atoms. The fourth-order valence-corrected chi connectivity index (χ4v) is 2.41. The first kappa shape index (κ1) is 16.6. The Morgan fingerprint density at radius 2 is 1.72 bits per heavy atom. The summed E-state index contributed by atoms with van der Waals surface area (Å²) in [6, 6.07) is 9.11. The Labute approximate surface area is 138 Å². The van der Waals surface area contributed by atoms with Crippen LogP contribution in [0.5, 0.6) is 11.5 Å². The van der Waals surface area contributed by atoms with E-state index in [1.54, 1.807) is 6.07 Å². The van der Waals surface area contributed by atoms with Crippen LogP contribution in [0.4, 0.5) is 13.2 Å². The summed E-state index contributed by atoms with van der Waals surface area (Å²) in [5.41, 5.74) is -0.940.